The number of carbonyl (C=O) groups is 2. The number of carbonyl (C=O) groups excluding carboxylic acids is 2. The van der Waals surface area contributed by atoms with Crippen LogP contribution in [0.2, 0.25) is 0 Å². The van der Waals surface area contributed by atoms with Gasteiger partial charge in [-0.1, -0.05) is 20.3 Å². The minimum Gasteiger partial charge on any atom is -0.459 e. The first-order valence-electron chi connectivity index (χ1n) is 10.2. The molecule has 2 N–H and O–H groups in total. The molecule has 1 heterocycles. The summed E-state index contributed by atoms with van der Waals surface area (Å²) in [4.78, 5) is 35.5. The fourth-order valence-corrected chi connectivity index (χ4v) is 5.79. The van der Waals surface area contributed by atoms with E-state index >= 15 is 0 Å². The molecule has 3 aliphatic rings. The fraction of sp³-hybridized carbons (Fsp3) is 0.545. The molecule has 0 spiro atoms. The van der Waals surface area contributed by atoms with E-state index < -0.39 is 45.3 Å². The number of hydrogen-bond acceptors (Lipinski definition) is 8. The van der Waals surface area contributed by atoms with E-state index in [9.17, 15) is 29.9 Å². The van der Waals surface area contributed by atoms with Gasteiger partial charge < -0.3 is 19.7 Å². The van der Waals surface area contributed by atoms with Crippen LogP contribution in [0.1, 0.15) is 43.5 Å². The van der Waals surface area contributed by atoms with E-state index in [1.807, 2.05) is 13.8 Å². The smallest absolute Gasteiger partial charge is 0.338 e. The highest BCUT2D eigenvalue weighted by Gasteiger charge is 2.68. The lowest BCUT2D eigenvalue weighted by atomic mass is 9.46. The second-order valence-electron chi connectivity index (χ2n) is 9.25. The molecule has 0 radical (unpaired) electrons. The number of benzene rings is 1. The maximum Gasteiger partial charge on any atom is 0.338 e. The number of nitro groups is 1. The van der Waals surface area contributed by atoms with E-state index in [1.165, 1.54) is 30.3 Å². The van der Waals surface area contributed by atoms with Crippen LogP contribution in [0.4, 0.5) is 5.69 Å². The number of aliphatic hydroxyl groups is 2. The Kier molecular flexibility index (Phi) is 4.94. The Bertz CT molecular complexity index is 972. The van der Waals surface area contributed by atoms with Gasteiger partial charge in [-0.3, -0.25) is 10.1 Å². The van der Waals surface area contributed by atoms with Crippen molar-refractivity contribution in [2.45, 2.75) is 44.8 Å². The molecule has 1 saturated carbocycles. The molecule has 9 heteroatoms. The minimum absolute atomic E-state index is 0.0786. The Morgan fingerprint density at radius 3 is 2.58 bits per heavy atom. The molecular weight excluding hydrogens is 406 g/mol. The summed E-state index contributed by atoms with van der Waals surface area (Å²) in [6.07, 6.45) is 2.54. The van der Waals surface area contributed by atoms with E-state index in [4.69, 9.17) is 9.47 Å². The van der Waals surface area contributed by atoms with Gasteiger partial charge in [-0.05, 0) is 36.5 Å². The molecular formula is C22H25NO8. The average molecular weight is 431 g/mol. The third-order valence-electron chi connectivity index (χ3n) is 7.48. The van der Waals surface area contributed by atoms with E-state index in [-0.39, 0.29) is 30.0 Å². The van der Waals surface area contributed by atoms with Gasteiger partial charge in [0.2, 0.25) is 0 Å². The second kappa shape index (κ2) is 7.13. The van der Waals surface area contributed by atoms with Gasteiger partial charge in [0, 0.05) is 30.1 Å². The Morgan fingerprint density at radius 2 is 1.97 bits per heavy atom. The minimum atomic E-state index is -1.53. The molecule has 2 fully saturated rings. The molecule has 0 bridgehead atoms. The van der Waals surface area contributed by atoms with Crippen molar-refractivity contribution in [2.75, 3.05) is 13.2 Å². The largest absolute Gasteiger partial charge is 0.459 e. The molecule has 5 atom stereocenters. The van der Waals surface area contributed by atoms with Crippen LogP contribution in [0.15, 0.2) is 35.9 Å². The highest BCUT2D eigenvalue weighted by molar-refractivity contribution is 5.94. The zero-order valence-electron chi connectivity index (χ0n) is 17.4. The van der Waals surface area contributed by atoms with Gasteiger partial charge in [0.25, 0.3) is 5.69 Å². The summed E-state index contributed by atoms with van der Waals surface area (Å²) in [7, 11) is 0. The zero-order chi connectivity index (χ0) is 22.6. The molecule has 1 aliphatic heterocycles. The van der Waals surface area contributed by atoms with Gasteiger partial charge in [-0.25, -0.2) is 9.59 Å². The summed E-state index contributed by atoms with van der Waals surface area (Å²) in [5.74, 6) is -1.82. The van der Waals surface area contributed by atoms with E-state index in [2.05, 4.69) is 0 Å². The van der Waals surface area contributed by atoms with Gasteiger partial charge in [0.05, 0.1) is 16.1 Å². The molecule has 0 unspecified atom stereocenters. The molecule has 4 rings (SSSR count). The number of non-ortho nitro benzene ring substituents is 1. The van der Waals surface area contributed by atoms with Crippen LogP contribution < -0.4 is 0 Å². The van der Waals surface area contributed by atoms with Crippen LogP contribution in [0.25, 0.3) is 0 Å². The van der Waals surface area contributed by atoms with Crippen LogP contribution in [0.3, 0.4) is 0 Å². The van der Waals surface area contributed by atoms with Crippen molar-refractivity contribution in [3.05, 3.63) is 51.6 Å². The molecule has 1 aromatic carbocycles. The summed E-state index contributed by atoms with van der Waals surface area (Å²) < 4.78 is 11.0. The predicted octanol–water partition coefficient (Wildman–Crippen LogP) is 2.15. The Balaban J connectivity index is 1.74. The number of aliphatic hydroxyl groups excluding tert-OH is 1. The summed E-state index contributed by atoms with van der Waals surface area (Å²) in [6.45, 7) is 3.40. The number of esters is 2. The number of hydrogen-bond donors (Lipinski definition) is 2. The lowest BCUT2D eigenvalue weighted by Crippen LogP contribution is -2.65. The van der Waals surface area contributed by atoms with Gasteiger partial charge in [-0.15, -0.1) is 0 Å². The Morgan fingerprint density at radius 1 is 1.29 bits per heavy atom. The standard InChI is InChI=1S/C22H25NO8/c1-20(11-24)8-3-9-21(2)17(20)16(10-15-19(26)30-12-22(15,21)27)31-18(25)13-4-6-14(7-5-13)23(28)29/h4-7,10,16-17,24,27H,3,8-9,11-12H2,1-2H3/t16-,17-,20+,21-,22+/m0/s1. The number of nitro benzene ring substituents is 1. The molecule has 166 valence electrons. The lowest BCUT2D eigenvalue weighted by molar-refractivity contribution is -0.384. The van der Waals surface area contributed by atoms with Crippen molar-refractivity contribution >= 4 is 17.6 Å². The second-order valence-corrected chi connectivity index (χ2v) is 9.25. The third kappa shape index (κ3) is 3.06. The van der Waals surface area contributed by atoms with Crippen molar-refractivity contribution in [3.8, 4) is 0 Å². The van der Waals surface area contributed by atoms with Crippen LogP contribution >= 0.6 is 0 Å². The number of rotatable bonds is 4. The van der Waals surface area contributed by atoms with Crippen LogP contribution in [-0.4, -0.2) is 52.0 Å². The van der Waals surface area contributed by atoms with E-state index in [0.29, 0.717) is 12.8 Å². The van der Waals surface area contributed by atoms with Crippen LogP contribution in [0, 0.1) is 26.9 Å². The molecule has 31 heavy (non-hydrogen) atoms. The molecule has 1 saturated heterocycles. The topological polar surface area (TPSA) is 136 Å². The first-order chi connectivity index (χ1) is 14.6. The Labute approximate surface area is 178 Å². The molecule has 2 aliphatic carbocycles. The quantitative estimate of drug-likeness (QED) is 0.420. The summed E-state index contributed by atoms with van der Waals surface area (Å²) in [5, 5.41) is 32.6. The van der Waals surface area contributed by atoms with Crippen molar-refractivity contribution < 1.29 is 34.2 Å². The fourth-order valence-electron chi connectivity index (χ4n) is 5.79. The first kappa shape index (κ1) is 21.5. The Hall–Kier alpha value is -2.78. The lowest BCUT2D eigenvalue weighted by Gasteiger charge is -2.60. The highest BCUT2D eigenvalue weighted by atomic mass is 16.6. The summed E-state index contributed by atoms with van der Waals surface area (Å²) >= 11 is 0. The van der Waals surface area contributed by atoms with Gasteiger partial charge in [-0.2, -0.15) is 0 Å². The third-order valence-corrected chi connectivity index (χ3v) is 7.48. The monoisotopic (exact) mass is 431 g/mol. The number of cyclic esters (lactones) is 1. The molecule has 1 aromatic rings. The van der Waals surface area contributed by atoms with Crippen molar-refractivity contribution in [3.63, 3.8) is 0 Å². The van der Waals surface area contributed by atoms with E-state index in [0.717, 1.165) is 6.42 Å². The van der Waals surface area contributed by atoms with Crippen molar-refractivity contribution in [1.82, 2.24) is 0 Å². The number of ether oxygens (including phenoxy) is 2. The van der Waals surface area contributed by atoms with Gasteiger partial charge in [0.15, 0.2) is 0 Å². The molecule has 9 nitrogen and oxygen atoms in total. The summed E-state index contributed by atoms with van der Waals surface area (Å²) in [6, 6.07) is 5.04. The van der Waals surface area contributed by atoms with Gasteiger partial charge >= 0.3 is 11.9 Å². The molecule has 0 amide bonds. The predicted molar refractivity (Wildman–Crippen MR) is 107 cm³/mol. The maximum atomic E-state index is 12.9. The van der Waals surface area contributed by atoms with Crippen molar-refractivity contribution in [2.24, 2.45) is 16.7 Å². The summed E-state index contributed by atoms with van der Waals surface area (Å²) in [5.41, 5.74) is -2.99. The van der Waals surface area contributed by atoms with Crippen LogP contribution in [-0.2, 0) is 14.3 Å². The molecule has 0 aromatic heterocycles. The number of fused-ring (bicyclic) bond motifs is 3. The van der Waals surface area contributed by atoms with Gasteiger partial charge in [0.1, 0.15) is 18.3 Å². The van der Waals surface area contributed by atoms with E-state index in [1.54, 1.807) is 0 Å². The zero-order valence-corrected chi connectivity index (χ0v) is 17.4. The highest BCUT2D eigenvalue weighted by Crippen LogP contribution is 2.63. The average Bonchev–Trinajstić information content (AvgIpc) is 3.04. The van der Waals surface area contributed by atoms with Crippen LogP contribution in [0.5, 0.6) is 0 Å². The van der Waals surface area contributed by atoms with Crippen molar-refractivity contribution in [1.29, 1.82) is 0 Å². The first-order valence-corrected chi connectivity index (χ1v) is 10.2. The maximum absolute atomic E-state index is 12.9. The normalized spacial score (nSPS) is 36.6. The number of nitrogens with zero attached hydrogens (tertiary/aromatic N) is 1. The SMILES string of the molecule is C[C@]1(CO)CCC[C@@]2(C)[C@H]1[C@@H](OC(=O)c1ccc([N+](=O)[O-])cc1)C=C1C(=O)OC[C@@]12O.